The highest BCUT2D eigenvalue weighted by atomic mass is 16.7. The molecule has 1 aliphatic rings. The number of fused-ring (bicyclic) bond motifs is 1. The van der Waals surface area contributed by atoms with Crippen molar-refractivity contribution in [2.75, 3.05) is 0 Å². The van der Waals surface area contributed by atoms with E-state index in [-0.39, 0.29) is 18.1 Å². The summed E-state index contributed by atoms with van der Waals surface area (Å²) in [6.07, 6.45) is 0.910. The van der Waals surface area contributed by atoms with E-state index in [1.54, 1.807) is 0 Å². The van der Waals surface area contributed by atoms with Crippen LogP contribution < -0.4 is 0 Å². The van der Waals surface area contributed by atoms with Crippen LogP contribution in [0.1, 0.15) is 24.1 Å². The molecule has 3 nitrogen and oxygen atoms in total. The van der Waals surface area contributed by atoms with Crippen molar-refractivity contribution in [3.05, 3.63) is 83.9 Å². The maximum Gasteiger partial charge on any atom is 0.127 e. The van der Waals surface area contributed by atoms with E-state index in [4.69, 9.17) is 4.84 Å². The third-order valence-electron chi connectivity index (χ3n) is 5.00. The summed E-state index contributed by atoms with van der Waals surface area (Å²) in [4.78, 5) is 17.9. The Morgan fingerprint density at radius 2 is 1.68 bits per heavy atom. The fraction of sp³-hybridized carbons (Fsp3) is 0.227. The van der Waals surface area contributed by atoms with Gasteiger partial charge in [0.25, 0.3) is 0 Å². The van der Waals surface area contributed by atoms with Gasteiger partial charge in [-0.2, -0.15) is 5.06 Å². The number of carbonyl (C=O) groups is 1. The van der Waals surface area contributed by atoms with Crippen LogP contribution in [-0.4, -0.2) is 17.5 Å². The normalized spacial score (nSPS) is 23.8. The van der Waals surface area contributed by atoms with Crippen LogP contribution in [0.2, 0.25) is 0 Å². The van der Waals surface area contributed by atoms with Gasteiger partial charge in [-0.25, -0.2) is 0 Å². The van der Waals surface area contributed by atoms with Crippen molar-refractivity contribution in [3.63, 3.8) is 0 Å². The van der Waals surface area contributed by atoms with E-state index >= 15 is 0 Å². The molecule has 3 aromatic carbocycles. The molecule has 3 aromatic rings. The highest BCUT2D eigenvalue weighted by Gasteiger charge is 2.42. The molecule has 0 unspecified atom stereocenters. The highest BCUT2D eigenvalue weighted by molar-refractivity contribution is 5.86. The minimum Gasteiger partial charge on any atom is -0.303 e. The zero-order valence-electron chi connectivity index (χ0n) is 14.2. The van der Waals surface area contributed by atoms with Crippen molar-refractivity contribution < 1.29 is 9.63 Å². The van der Waals surface area contributed by atoms with Gasteiger partial charge in [0.15, 0.2) is 0 Å². The molecule has 0 radical (unpaired) electrons. The van der Waals surface area contributed by atoms with Gasteiger partial charge in [-0.15, -0.1) is 0 Å². The number of hydrogen-bond donors (Lipinski definition) is 0. The lowest BCUT2D eigenvalue weighted by Gasteiger charge is -2.25. The Hall–Kier alpha value is -2.49. The Balaban J connectivity index is 1.78. The van der Waals surface area contributed by atoms with Gasteiger partial charge >= 0.3 is 0 Å². The Morgan fingerprint density at radius 3 is 2.48 bits per heavy atom. The van der Waals surface area contributed by atoms with Crippen LogP contribution in [0.5, 0.6) is 0 Å². The number of carbonyl (C=O) groups excluding carboxylic acids is 1. The lowest BCUT2D eigenvalue weighted by Crippen LogP contribution is -2.25. The van der Waals surface area contributed by atoms with Crippen LogP contribution in [0.3, 0.4) is 0 Å². The molecule has 1 saturated heterocycles. The lowest BCUT2D eigenvalue weighted by molar-refractivity contribution is -0.166. The van der Waals surface area contributed by atoms with Gasteiger partial charge in [0.1, 0.15) is 6.29 Å². The van der Waals surface area contributed by atoms with E-state index < -0.39 is 0 Å². The number of hydroxylamine groups is 2. The minimum atomic E-state index is -0.186. The molecule has 1 fully saturated rings. The van der Waals surface area contributed by atoms with Crippen LogP contribution in [-0.2, 0) is 16.2 Å². The topological polar surface area (TPSA) is 29.5 Å². The summed E-state index contributed by atoms with van der Waals surface area (Å²) in [5, 5.41) is 4.34. The molecule has 1 aliphatic heterocycles. The van der Waals surface area contributed by atoms with E-state index in [9.17, 15) is 4.79 Å². The molecule has 3 heteroatoms. The Morgan fingerprint density at radius 1 is 0.960 bits per heavy atom. The molecule has 1 heterocycles. The first-order chi connectivity index (χ1) is 12.3. The second-order valence-corrected chi connectivity index (χ2v) is 6.60. The number of aldehydes is 1. The SMILES string of the molecule is C[C@H]1ON(Cc2ccccc2)[C@@H](c2cccc3ccccc23)[C@@H]1C=O. The molecule has 0 amide bonds. The first kappa shape index (κ1) is 16.0. The van der Waals surface area contributed by atoms with Crippen molar-refractivity contribution in [1.82, 2.24) is 5.06 Å². The van der Waals surface area contributed by atoms with Gasteiger partial charge in [-0.3, -0.25) is 4.84 Å². The summed E-state index contributed by atoms with van der Waals surface area (Å²) >= 11 is 0. The zero-order valence-corrected chi connectivity index (χ0v) is 14.2. The second-order valence-electron chi connectivity index (χ2n) is 6.60. The van der Waals surface area contributed by atoms with Gasteiger partial charge in [0.05, 0.1) is 18.1 Å². The maximum absolute atomic E-state index is 11.8. The molecule has 4 rings (SSSR count). The van der Waals surface area contributed by atoms with Crippen LogP contribution in [0.4, 0.5) is 0 Å². The Bertz CT molecular complexity index is 872. The fourth-order valence-electron chi connectivity index (χ4n) is 3.75. The predicted octanol–water partition coefficient (Wildman–Crippen LogP) is 4.53. The van der Waals surface area contributed by atoms with Crippen molar-refractivity contribution >= 4 is 17.1 Å². The minimum absolute atomic E-state index is 0.0844. The maximum atomic E-state index is 11.8. The molecule has 0 aliphatic carbocycles. The largest absolute Gasteiger partial charge is 0.303 e. The van der Waals surface area contributed by atoms with Gasteiger partial charge in [0.2, 0.25) is 0 Å². The number of nitrogens with zero attached hydrogens (tertiary/aromatic N) is 1. The van der Waals surface area contributed by atoms with Gasteiger partial charge in [0, 0.05) is 6.54 Å². The van der Waals surface area contributed by atoms with Gasteiger partial charge < -0.3 is 4.79 Å². The predicted molar refractivity (Wildman–Crippen MR) is 98.8 cm³/mol. The molecule has 0 aromatic heterocycles. The van der Waals surface area contributed by atoms with E-state index in [1.165, 1.54) is 16.3 Å². The van der Waals surface area contributed by atoms with Crippen LogP contribution in [0.15, 0.2) is 72.8 Å². The zero-order chi connectivity index (χ0) is 17.2. The first-order valence-corrected chi connectivity index (χ1v) is 8.68. The molecule has 0 bridgehead atoms. The molecule has 25 heavy (non-hydrogen) atoms. The average Bonchev–Trinajstić information content (AvgIpc) is 2.96. The van der Waals surface area contributed by atoms with Crippen LogP contribution in [0.25, 0.3) is 10.8 Å². The molecule has 3 atom stereocenters. The molecule has 0 saturated carbocycles. The summed E-state index contributed by atoms with van der Waals surface area (Å²) in [5.74, 6) is -0.186. The van der Waals surface area contributed by atoms with E-state index in [0.29, 0.717) is 6.54 Å². The standard InChI is InChI=1S/C22H21NO2/c1-16-21(15-24)22(23(25-16)14-17-8-3-2-4-9-17)20-13-7-11-18-10-5-6-12-19(18)20/h2-13,15-16,21-22H,14H2,1H3/t16-,21-,22+/m1/s1. The van der Waals surface area contributed by atoms with E-state index in [2.05, 4.69) is 42.5 Å². The van der Waals surface area contributed by atoms with Gasteiger partial charge in [-0.05, 0) is 28.8 Å². The summed E-state index contributed by atoms with van der Waals surface area (Å²) in [6.45, 7) is 2.63. The molecule has 0 N–H and O–H groups in total. The highest BCUT2D eigenvalue weighted by Crippen LogP contribution is 2.41. The summed E-state index contributed by atoms with van der Waals surface area (Å²) < 4.78 is 0. The summed E-state index contributed by atoms with van der Waals surface area (Å²) in [5.41, 5.74) is 2.32. The number of rotatable bonds is 4. The fourth-order valence-corrected chi connectivity index (χ4v) is 3.75. The molecule has 126 valence electrons. The van der Waals surface area contributed by atoms with Crippen molar-refractivity contribution in [1.29, 1.82) is 0 Å². The average molecular weight is 331 g/mol. The molecular weight excluding hydrogens is 310 g/mol. The smallest absolute Gasteiger partial charge is 0.127 e. The van der Waals surface area contributed by atoms with Crippen molar-refractivity contribution in [2.45, 2.75) is 25.6 Å². The quantitative estimate of drug-likeness (QED) is 0.658. The lowest BCUT2D eigenvalue weighted by atomic mass is 9.88. The summed E-state index contributed by atoms with van der Waals surface area (Å²) in [6, 6.07) is 24.7. The third-order valence-corrected chi connectivity index (χ3v) is 5.00. The Kier molecular flexibility index (Phi) is 4.35. The molecular formula is C22H21NO2. The monoisotopic (exact) mass is 331 g/mol. The van der Waals surface area contributed by atoms with Crippen molar-refractivity contribution in [3.8, 4) is 0 Å². The van der Waals surface area contributed by atoms with E-state index in [1.807, 2.05) is 42.3 Å². The molecule has 0 spiro atoms. The summed E-state index contributed by atoms with van der Waals surface area (Å²) in [7, 11) is 0. The second kappa shape index (κ2) is 6.79. The van der Waals surface area contributed by atoms with E-state index in [0.717, 1.165) is 11.8 Å². The third kappa shape index (κ3) is 2.97. The number of benzene rings is 3. The first-order valence-electron chi connectivity index (χ1n) is 8.68. The Labute approximate surface area is 147 Å². The van der Waals surface area contributed by atoms with Crippen molar-refractivity contribution in [2.24, 2.45) is 5.92 Å². The van der Waals surface area contributed by atoms with Crippen LogP contribution >= 0.6 is 0 Å². The van der Waals surface area contributed by atoms with Crippen LogP contribution in [0, 0.1) is 5.92 Å². The van der Waals surface area contributed by atoms with Gasteiger partial charge in [-0.1, -0.05) is 72.8 Å². The number of hydrogen-bond acceptors (Lipinski definition) is 3.